The Morgan fingerprint density at radius 2 is 1.90 bits per heavy atom. The highest BCUT2D eigenvalue weighted by molar-refractivity contribution is 7.89. The molecule has 0 aromatic heterocycles. The molecule has 0 bridgehead atoms. The molecule has 1 heterocycles. The van der Waals surface area contributed by atoms with Gasteiger partial charge in [0.05, 0.1) is 4.90 Å². The molecule has 7 nitrogen and oxygen atoms in total. The summed E-state index contributed by atoms with van der Waals surface area (Å²) in [7, 11) is -3.78. The number of nitrogens with zero attached hydrogens (tertiary/aromatic N) is 1. The number of likely N-dealkylation sites (tertiary alicyclic amines) is 1. The van der Waals surface area contributed by atoms with Gasteiger partial charge in [0.1, 0.15) is 0 Å². The fraction of sp³-hybridized carbons (Fsp3) is 0.391. The second kappa shape index (κ2) is 10.1. The maximum atomic E-state index is 13.1. The first-order valence-electron chi connectivity index (χ1n) is 10.5. The van der Waals surface area contributed by atoms with Crippen molar-refractivity contribution >= 4 is 21.8 Å². The zero-order chi connectivity index (χ0) is 22.4. The highest BCUT2D eigenvalue weighted by Gasteiger charge is 2.26. The number of hydrogen-bond acceptors (Lipinski definition) is 4. The van der Waals surface area contributed by atoms with E-state index >= 15 is 0 Å². The molecular weight excluding hydrogens is 414 g/mol. The van der Waals surface area contributed by atoms with Crippen LogP contribution in [0.1, 0.15) is 47.2 Å². The molecule has 1 fully saturated rings. The lowest BCUT2D eigenvalue weighted by molar-refractivity contribution is -0.118. The number of piperidine rings is 1. The number of nitrogens with one attached hydrogen (secondary N) is 1. The van der Waals surface area contributed by atoms with Crippen LogP contribution in [0.4, 0.5) is 0 Å². The quantitative estimate of drug-likeness (QED) is 0.653. The van der Waals surface area contributed by atoms with Crippen molar-refractivity contribution < 1.29 is 18.0 Å². The Labute approximate surface area is 183 Å². The number of amides is 2. The van der Waals surface area contributed by atoms with Gasteiger partial charge in [-0.1, -0.05) is 36.4 Å². The van der Waals surface area contributed by atoms with E-state index in [-0.39, 0.29) is 29.2 Å². The van der Waals surface area contributed by atoms with E-state index in [4.69, 9.17) is 5.73 Å². The Bertz CT molecular complexity index is 1040. The summed E-state index contributed by atoms with van der Waals surface area (Å²) in [5, 5.41) is 0. The highest BCUT2D eigenvalue weighted by Crippen LogP contribution is 2.24. The fourth-order valence-corrected chi connectivity index (χ4v) is 5.17. The summed E-state index contributed by atoms with van der Waals surface area (Å²) in [4.78, 5) is 26.0. The van der Waals surface area contributed by atoms with Crippen LogP contribution in [0.2, 0.25) is 0 Å². The topological polar surface area (TPSA) is 110 Å². The van der Waals surface area contributed by atoms with Gasteiger partial charge in [-0.3, -0.25) is 9.59 Å². The standard InChI is InChI=1S/C23H29N3O4S/c1-17-9-11-20(23(28)26-13-5-8-19(16-26)10-12-22(24)27)14-21(17)31(29,30)25-15-18-6-3-2-4-7-18/h2-4,6-7,9,11,14,19,25H,5,8,10,12-13,15-16H2,1H3,(H2,24,27). The van der Waals surface area contributed by atoms with E-state index in [1.54, 1.807) is 24.0 Å². The van der Waals surface area contributed by atoms with Crippen molar-refractivity contribution in [1.29, 1.82) is 0 Å². The summed E-state index contributed by atoms with van der Waals surface area (Å²) < 4.78 is 28.4. The first kappa shape index (κ1) is 23.0. The van der Waals surface area contributed by atoms with E-state index < -0.39 is 10.0 Å². The summed E-state index contributed by atoms with van der Waals surface area (Å²) >= 11 is 0. The average molecular weight is 444 g/mol. The molecular formula is C23H29N3O4S. The first-order valence-corrected chi connectivity index (χ1v) is 12.0. The van der Waals surface area contributed by atoms with E-state index in [0.717, 1.165) is 18.4 Å². The van der Waals surface area contributed by atoms with Crippen molar-refractivity contribution in [3.05, 3.63) is 65.2 Å². The molecule has 8 heteroatoms. The van der Waals surface area contributed by atoms with Crippen LogP contribution >= 0.6 is 0 Å². The van der Waals surface area contributed by atoms with Gasteiger partial charge in [-0.25, -0.2) is 13.1 Å². The van der Waals surface area contributed by atoms with E-state index in [1.165, 1.54) is 6.07 Å². The zero-order valence-corrected chi connectivity index (χ0v) is 18.5. The number of nitrogens with two attached hydrogens (primary N) is 1. The van der Waals surface area contributed by atoms with Crippen LogP contribution in [0.3, 0.4) is 0 Å². The van der Waals surface area contributed by atoms with Gasteiger partial charge in [-0.2, -0.15) is 0 Å². The van der Waals surface area contributed by atoms with Crippen molar-refractivity contribution in [2.24, 2.45) is 11.7 Å². The third-order valence-electron chi connectivity index (χ3n) is 5.64. The minimum Gasteiger partial charge on any atom is -0.370 e. The molecule has 2 aromatic rings. The fourth-order valence-electron chi connectivity index (χ4n) is 3.89. The maximum absolute atomic E-state index is 13.1. The molecule has 1 unspecified atom stereocenters. The number of primary amides is 1. The third kappa shape index (κ3) is 6.15. The summed E-state index contributed by atoms with van der Waals surface area (Å²) in [6.45, 7) is 3.06. The number of carbonyl (C=O) groups excluding carboxylic acids is 2. The van der Waals surface area contributed by atoms with Gasteiger partial charge in [0.25, 0.3) is 5.91 Å². The SMILES string of the molecule is Cc1ccc(C(=O)N2CCCC(CCC(N)=O)C2)cc1S(=O)(=O)NCc1ccccc1. The molecule has 1 aliphatic heterocycles. The average Bonchev–Trinajstić information content (AvgIpc) is 2.77. The van der Waals surface area contributed by atoms with Crippen LogP contribution < -0.4 is 10.5 Å². The largest absolute Gasteiger partial charge is 0.370 e. The molecule has 2 aromatic carbocycles. The molecule has 0 aliphatic carbocycles. The predicted octanol–water partition coefficient (Wildman–Crippen LogP) is 2.59. The Morgan fingerprint density at radius 3 is 2.61 bits per heavy atom. The molecule has 0 spiro atoms. The summed E-state index contributed by atoms with van der Waals surface area (Å²) in [5.41, 5.74) is 7.03. The molecule has 3 N–H and O–H groups in total. The Hall–Kier alpha value is -2.71. The van der Waals surface area contributed by atoms with E-state index in [9.17, 15) is 18.0 Å². The van der Waals surface area contributed by atoms with Gasteiger partial charge < -0.3 is 10.6 Å². The summed E-state index contributed by atoms with van der Waals surface area (Å²) in [6.07, 6.45) is 2.78. The molecule has 1 saturated heterocycles. The van der Waals surface area contributed by atoms with Crippen LogP contribution in [0.5, 0.6) is 0 Å². The number of benzene rings is 2. The monoisotopic (exact) mass is 443 g/mol. The lowest BCUT2D eigenvalue weighted by Gasteiger charge is -2.33. The van der Waals surface area contributed by atoms with Crippen molar-refractivity contribution in [2.45, 2.75) is 44.0 Å². The molecule has 0 saturated carbocycles. The molecule has 1 aliphatic rings. The number of hydrogen-bond donors (Lipinski definition) is 2. The van der Waals surface area contributed by atoms with Gasteiger partial charge >= 0.3 is 0 Å². The second-order valence-corrected chi connectivity index (χ2v) is 9.79. The number of sulfonamides is 1. The van der Waals surface area contributed by atoms with Gasteiger partial charge in [-0.15, -0.1) is 0 Å². The summed E-state index contributed by atoms with van der Waals surface area (Å²) in [6, 6.07) is 14.1. The van der Waals surface area contributed by atoms with Crippen LogP contribution in [0.25, 0.3) is 0 Å². The minimum absolute atomic E-state index is 0.108. The number of aryl methyl sites for hydroxylation is 1. The second-order valence-electron chi connectivity index (χ2n) is 8.05. The minimum atomic E-state index is -3.78. The number of carbonyl (C=O) groups is 2. The Balaban J connectivity index is 1.73. The maximum Gasteiger partial charge on any atom is 0.253 e. The smallest absolute Gasteiger partial charge is 0.253 e. The van der Waals surface area contributed by atoms with E-state index in [1.807, 2.05) is 30.3 Å². The summed E-state index contributed by atoms with van der Waals surface area (Å²) in [5.74, 6) is -0.297. The molecule has 1 atom stereocenters. The van der Waals surface area contributed by atoms with Crippen LogP contribution in [0, 0.1) is 12.8 Å². The lowest BCUT2D eigenvalue weighted by Crippen LogP contribution is -2.40. The van der Waals surface area contributed by atoms with E-state index in [0.29, 0.717) is 37.1 Å². The van der Waals surface area contributed by atoms with Crippen LogP contribution in [0.15, 0.2) is 53.4 Å². The molecule has 166 valence electrons. The normalized spacial score (nSPS) is 16.8. The van der Waals surface area contributed by atoms with E-state index in [2.05, 4.69) is 4.72 Å². The predicted molar refractivity (Wildman–Crippen MR) is 119 cm³/mol. The van der Waals surface area contributed by atoms with Gasteiger partial charge in [-0.05, 0) is 55.4 Å². The van der Waals surface area contributed by atoms with Crippen molar-refractivity contribution in [1.82, 2.24) is 9.62 Å². The molecule has 0 radical (unpaired) electrons. The van der Waals surface area contributed by atoms with Crippen molar-refractivity contribution in [3.63, 3.8) is 0 Å². The van der Waals surface area contributed by atoms with Gasteiger partial charge in [0.15, 0.2) is 0 Å². The lowest BCUT2D eigenvalue weighted by atomic mass is 9.93. The highest BCUT2D eigenvalue weighted by atomic mass is 32.2. The van der Waals surface area contributed by atoms with Crippen molar-refractivity contribution in [3.8, 4) is 0 Å². The van der Waals surface area contributed by atoms with Crippen LogP contribution in [-0.4, -0.2) is 38.2 Å². The van der Waals surface area contributed by atoms with Crippen LogP contribution in [-0.2, 0) is 21.4 Å². The first-order chi connectivity index (χ1) is 14.8. The Morgan fingerprint density at radius 1 is 1.16 bits per heavy atom. The van der Waals surface area contributed by atoms with Gasteiger partial charge in [0, 0.05) is 31.6 Å². The molecule has 2 amide bonds. The molecule has 3 rings (SSSR count). The molecule has 31 heavy (non-hydrogen) atoms. The van der Waals surface area contributed by atoms with Gasteiger partial charge in [0.2, 0.25) is 15.9 Å². The zero-order valence-electron chi connectivity index (χ0n) is 17.7. The van der Waals surface area contributed by atoms with Crippen molar-refractivity contribution in [2.75, 3.05) is 13.1 Å². The third-order valence-corrected chi connectivity index (χ3v) is 7.18. The number of rotatable bonds is 8. The Kier molecular flexibility index (Phi) is 7.46.